The SMILES string of the molecule is Nc1ncnc2nc(-c3ccc(N4CCSCC4F)cc3)cc(-c3cccc(Br)c3)c12. The van der Waals surface area contributed by atoms with Crippen LogP contribution < -0.4 is 10.6 Å². The number of hydrogen-bond acceptors (Lipinski definition) is 6. The predicted molar refractivity (Wildman–Crippen MR) is 130 cm³/mol. The van der Waals surface area contributed by atoms with E-state index in [-0.39, 0.29) is 0 Å². The molecule has 8 heteroatoms. The molecule has 2 aromatic carbocycles. The van der Waals surface area contributed by atoms with E-state index in [4.69, 9.17) is 10.7 Å². The summed E-state index contributed by atoms with van der Waals surface area (Å²) in [4.78, 5) is 15.1. The first-order chi connectivity index (χ1) is 15.1. The highest BCUT2D eigenvalue weighted by molar-refractivity contribution is 9.10. The van der Waals surface area contributed by atoms with Crippen LogP contribution in [0.4, 0.5) is 15.9 Å². The molecule has 0 bridgehead atoms. The Labute approximate surface area is 192 Å². The number of pyridine rings is 1. The number of thioether (sulfide) groups is 1. The summed E-state index contributed by atoms with van der Waals surface area (Å²) in [5, 5.41) is 0.729. The Hall–Kier alpha value is -2.71. The van der Waals surface area contributed by atoms with E-state index in [1.54, 1.807) is 11.8 Å². The van der Waals surface area contributed by atoms with E-state index < -0.39 is 6.30 Å². The Balaban J connectivity index is 1.61. The van der Waals surface area contributed by atoms with E-state index in [9.17, 15) is 4.39 Å². The monoisotopic (exact) mass is 495 g/mol. The van der Waals surface area contributed by atoms with Gasteiger partial charge in [-0.1, -0.05) is 40.2 Å². The number of rotatable bonds is 3. The van der Waals surface area contributed by atoms with E-state index in [1.807, 2.05) is 59.5 Å². The van der Waals surface area contributed by atoms with Crippen molar-refractivity contribution in [2.24, 2.45) is 0 Å². The van der Waals surface area contributed by atoms with Gasteiger partial charge in [0.25, 0.3) is 0 Å². The summed E-state index contributed by atoms with van der Waals surface area (Å²) in [7, 11) is 0. The largest absolute Gasteiger partial charge is 0.383 e. The minimum absolute atomic E-state index is 0.395. The molecule has 0 saturated carbocycles. The van der Waals surface area contributed by atoms with Crippen molar-refractivity contribution in [1.29, 1.82) is 0 Å². The Morgan fingerprint density at radius 2 is 1.90 bits per heavy atom. The smallest absolute Gasteiger partial charge is 0.181 e. The average molecular weight is 496 g/mol. The molecule has 1 unspecified atom stereocenters. The normalized spacial score (nSPS) is 16.6. The third-order valence-electron chi connectivity index (χ3n) is 5.33. The summed E-state index contributed by atoms with van der Waals surface area (Å²) in [6.45, 7) is 0.711. The van der Waals surface area contributed by atoms with Gasteiger partial charge in [-0.15, -0.1) is 0 Å². The molecule has 5 rings (SSSR count). The Morgan fingerprint density at radius 1 is 1.06 bits per heavy atom. The van der Waals surface area contributed by atoms with Gasteiger partial charge in [-0.25, -0.2) is 19.3 Å². The van der Waals surface area contributed by atoms with Gasteiger partial charge in [0, 0.05) is 33.8 Å². The number of aromatic nitrogens is 3. The molecule has 156 valence electrons. The number of fused-ring (bicyclic) bond motifs is 1. The second-order valence-corrected chi connectivity index (χ2v) is 9.34. The van der Waals surface area contributed by atoms with E-state index in [1.165, 1.54) is 6.33 Å². The minimum atomic E-state index is -0.953. The molecular weight excluding hydrogens is 477 g/mol. The van der Waals surface area contributed by atoms with Gasteiger partial charge >= 0.3 is 0 Å². The van der Waals surface area contributed by atoms with Crippen molar-refractivity contribution in [3.05, 3.63) is 65.4 Å². The van der Waals surface area contributed by atoms with Crippen LogP contribution in [0.1, 0.15) is 0 Å². The van der Waals surface area contributed by atoms with Gasteiger partial charge < -0.3 is 10.6 Å². The quantitative estimate of drug-likeness (QED) is 0.375. The molecular formula is C23H19BrFN5S. The standard InChI is InChI=1S/C23H19BrFN5S/c24-16-3-1-2-15(10-16)18-11-19(29-23-21(18)22(26)27-13-28-23)14-4-6-17(7-5-14)30-8-9-31-12-20(30)25/h1-7,10-11,13,20H,8-9,12H2,(H2,26,27,28,29). The molecule has 0 spiro atoms. The van der Waals surface area contributed by atoms with Crippen LogP contribution in [-0.4, -0.2) is 39.3 Å². The number of hydrogen-bond donors (Lipinski definition) is 1. The summed E-state index contributed by atoms with van der Waals surface area (Å²) in [5.41, 5.74) is 11.2. The van der Waals surface area contributed by atoms with Crippen LogP contribution in [-0.2, 0) is 0 Å². The van der Waals surface area contributed by atoms with E-state index in [2.05, 4.69) is 25.9 Å². The van der Waals surface area contributed by atoms with Crippen molar-refractivity contribution in [2.45, 2.75) is 6.30 Å². The zero-order chi connectivity index (χ0) is 21.4. The van der Waals surface area contributed by atoms with Crippen molar-refractivity contribution in [3.63, 3.8) is 0 Å². The lowest BCUT2D eigenvalue weighted by molar-refractivity contribution is 0.350. The maximum absolute atomic E-state index is 14.3. The fraction of sp³-hybridized carbons (Fsp3) is 0.174. The van der Waals surface area contributed by atoms with E-state index in [0.29, 0.717) is 23.8 Å². The zero-order valence-electron chi connectivity index (χ0n) is 16.5. The first-order valence-electron chi connectivity index (χ1n) is 9.86. The second kappa shape index (κ2) is 8.43. The first kappa shape index (κ1) is 20.2. The summed E-state index contributed by atoms with van der Waals surface area (Å²) in [5.74, 6) is 1.84. The number of benzene rings is 2. The highest BCUT2D eigenvalue weighted by Gasteiger charge is 2.22. The van der Waals surface area contributed by atoms with Gasteiger partial charge in [0.05, 0.1) is 11.1 Å². The van der Waals surface area contributed by atoms with Crippen molar-refractivity contribution in [3.8, 4) is 22.4 Å². The molecule has 0 radical (unpaired) electrons. The lowest BCUT2D eigenvalue weighted by Crippen LogP contribution is -2.39. The molecule has 2 aromatic heterocycles. The van der Waals surface area contributed by atoms with Crippen LogP contribution in [0.15, 0.2) is 65.4 Å². The highest BCUT2D eigenvalue weighted by Crippen LogP contribution is 2.35. The lowest BCUT2D eigenvalue weighted by atomic mass is 9.99. The van der Waals surface area contributed by atoms with Gasteiger partial charge in [-0.05, 0) is 41.5 Å². The molecule has 1 saturated heterocycles. The van der Waals surface area contributed by atoms with Crippen molar-refractivity contribution < 1.29 is 4.39 Å². The van der Waals surface area contributed by atoms with Crippen molar-refractivity contribution >= 4 is 50.2 Å². The van der Waals surface area contributed by atoms with Crippen molar-refractivity contribution in [2.75, 3.05) is 28.7 Å². The third-order valence-corrected chi connectivity index (χ3v) is 6.81. The lowest BCUT2D eigenvalue weighted by Gasteiger charge is -2.32. The molecule has 3 heterocycles. The number of nitrogens with zero attached hydrogens (tertiary/aromatic N) is 4. The maximum Gasteiger partial charge on any atom is 0.181 e. The number of anilines is 2. The highest BCUT2D eigenvalue weighted by atomic mass is 79.9. The molecule has 0 amide bonds. The van der Waals surface area contributed by atoms with Crippen LogP contribution in [0.2, 0.25) is 0 Å². The van der Waals surface area contributed by atoms with Gasteiger partial charge in [0.1, 0.15) is 12.1 Å². The fourth-order valence-electron chi connectivity index (χ4n) is 3.81. The summed E-state index contributed by atoms with van der Waals surface area (Å²) in [6, 6.07) is 17.9. The number of halogens is 2. The Morgan fingerprint density at radius 3 is 2.68 bits per heavy atom. The Bertz CT molecular complexity index is 1250. The van der Waals surface area contributed by atoms with Gasteiger partial charge in [0.15, 0.2) is 11.9 Å². The van der Waals surface area contributed by atoms with Gasteiger partial charge in [0.2, 0.25) is 0 Å². The average Bonchev–Trinajstić information content (AvgIpc) is 2.79. The second-order valence-electron chi connectivity index (χ2n) is 7.27. The van der Waals surface area contributed by atoms with Crippen LogP contribution in [0, 0.1) is 0 Å². The van der Waals surface area contributed by atoms with E-state index >= 15 is 0 Å². The number of nitrogen functional groups attached to an aromatic ring is 1. The molecule has 2 N–H and O–H groups in total. The molecule has 1 aliphatic rings. The minimum Gasteiger partial charge on any atom is -0.383 e. The molecule has 0 aliphatic carbocycles. The van der Waals surface area contributed by atoms with Crippen molar-refractivity contribution in [1.82, 2.24) is 15.0 Å². The maximum atomic E-state index is 14.3. The molecule has 1 fully saturated rings. The van der Waals surface area contributed by atoms with Crippen LogP contribution in [0.5, 0.6) is 0 Å². The Kier molecular flexibility index (Phi) is 5.50. The van der Waals surface area contributed by atoms with Crippen LogP contribution in [0.25, 0.3) is 33.4 Å². The third kappa shape index (κ3) is 3.97. The zero-order valence-corrected chi connectivity index (χ0v) is 18.9. The van der Waals surface area contributed by atoms with Gasteiger partial charge in [-0.3, -0.25) is 0 Å². The summed E-state index contributed by atoms with van der Waals surface area (Å²) < 4.78 is 15.3. The topological polar surface area (TPSA) is 67.9 Å². The predicted octanol–water partition coefficient (Wildman–Crippen LogP) is 5.55. The number of nitrogens with two attached hydrogens (primary N) is 1. The molecule has 31 heavy (non-hydrogen) atoms. The number of alkyl halides is 1. The molecule has 4 aromatic rings. The van der Waals surface area contributed by atoms with Gasteiger partial charge in [-0.2, -0.15) is 11.8 Å². The molecule has 1 atom stereocenters. The van der Waals surface area contributed by atoms with Crippen LogP contribution >= 0.6 is 27.7 Å². The molecule has 1 aliphatic heterocycles. The first-order valence-corrected chi connectivity index (χ1v) is 11.8. The summed E-state index contributed by atoms with van der Waals surface area (Å²) in [6.07, 6.45) is 0.476. The van der Waals surface area contributed by atoms with Crippen LogP contribution in [0.3, 0.4) is 0 Å². The fourth-order valence-corrected chi connectivity index (χ4v) is 5.07. The van der Waals surface area contributed by atoms with E-state index in [0.717, 1.165) is 43.7 Å². The summed E-state index contributed by atoms with van der Waals surface area (Å²) >= 11 is 5.19. The molecule has 5 nitrogen and oxygen atoms in total.